The largest absolute Gasteiger partial charge is 0.473 e. The fraction of sp³-hybridized carbons (Fsp3) is 0.643. The first kappa shape index (κ1) is 13.9. The molecule has 0 saturated carbocycles. The van der Waals surface area contributed by atoms with Crippen LogP contribution in [0.4, 0.5) is 11.5 Å². The molecule has 0 bridgehead atoms. The van der Waals surface area contributed by atoms with Gasteiger partial charge in [-0.15, -0.1) is 0 Å². The number of pyridine rings is 1. The molecule has 2 heterocycles. The maximum atomic E-state index is 9.97. The Morgan fingerprint density at radius 1 is 1.37 bits per heavy atom. The topological polar surface area (TPSA) is 71.6 Å². The Kier molecular flexibility index (Phi) is 3.85. The standard InChI is InChI=1S/C14H23N3O2/c1-10(2)19-13-11(15)4-5-12(16-13)17-8-6-14(3,18)7-9-17/h4-5,10,18H,6-9,15H2,1-3H3. The lowest BCUT2D eigenvalue weighted by atomic mass is 9.94. The molecule has 0 radical (unpaired) electrons. The predicted octanol–water partition coefficient (Wildman–Crippen LogP) is 1.80. The first-order valence-electron chi connectivity index (χ1n) is 6.78. The number of nitrogens with two attached hydrogens (primary N) is 1. The normalized spacial score (nSPS) is 18.7. The number of nitrogens with zero attached hydrogens (tertiary/aromatic N) is 2. The molecule has 3 N–H and O–H groups in total. The molecule has 5 heteroatoms. The molecule has 1 saturated heterocycles. The van der Waals surface area contributed by atoms with Gasteiger partial charge in [-0.3, -0.25) is 0 Å². The minimum Gasteiger partial charge on any atom is -0.473 e. The van der Waals surface area contributed by atoms with E-state index < -0.39 is 5.60 Å². The van der Waals surface area contributed by atoms with E-state index in [0.29, 0.717) is 11.6 Å². The summed E-state index contributed by atoms with van der Waals surface area (Å²) in [6, 6.07) is 3.73. The molecule has 0 spiro atoms. The van der Waals surface area contributed by atoms with E-state index in [1.807, 2.05) is 32.9 Å². The lowest BCUT2D eigenvalue weighted by molar-refractivity contribution is 0.0350. The fourth-order valence-corrected chi connectivity index (χ4v) is 2.15. The van der Waals surface area contributed by atoms with Crippen LogP contribution in [0, 0.1) is 0 Å². The highest BCUT2D eigenvalue weighted by atomic mass is 16.5. The van der Waals surface area contributed by atoms with Gasteiger partial charge in [0, 0.05) is 13.1 Å². The van der Waals surface area contributed by atoms with Crippen LogP contribution in [-0.2, 0) is 0 Å². The third-order valence-electron chi connectivity index (χ3n) is 3.39. The molecule has 1 aliphatic rings. The van der Waals surface area contributed by atoms with E-state index in [1.54, 1.807) is 0 Å². The second kappa shape index (κ2) is 5.25. The quantitative estimate of drug-likeness (QED) is 0.872. The van der Waals surface area contributed by atoms with Crippen LogP contribution in [-0.4, -0.2) is 34.9 Å². The third kappa shape index (κ3) is 3.50. The van der Waals surface area contributed by atoms with Crippen molar-refractivity contribution >= 4 is 11.5 Å². The van der Waals surface area contributed by atoms with Crippen molar-refractivity contribution in [3.05, 3.63) is 12.1 Å². The van der Waals surface area contributed by atoms with Gasteiger partial charge in [-0.05, 0) is 45.7 Å². The minimum atomic E-state index is -0.554. The summed E-state index contributed by atoms with van der Waals surface area (Å²) in [7, 11) is 0. The van der Waals surface area contributed by atoms with Crippen LogP contribution in [0.3, 0.4) is 0 Å². The number of rotatable bonds is 3. The number of aliphatic hydroxyl groups is 1. The van der Waals surface area contributed by atoms with E-state index in [4.69, 9.17) is 10.5 Å². The molecule has 0 aromatic carbocycles. The molecule has 0 atom stereocenters. The molecule has 0 amide bonds. The molecule has 5 nitrogen and oxygen atoms in total. The number of ether oxygens (including phenoxy) is 1. The van der Waals surface area contributed by atoms with Crippen molar-refractivity contribution < 1.29 is 9.84 Å². The lowest BCUT2D eigenvalue weighted by Gasteiger charge is -2.36. The van der Waals surface area contributed by atoms with Crippen LogP contribution < -0.4 is 15.4 Å². The summed E-state index contributed by atoms with van der Waals surface area (Å²) in [4.78, 5) is 6.64. The first-order chi connectivity index (χ1) is 8.87. The molecule has 19 heavy (non-hydrogen) atoms. The molecular formula is C14H23N3O2. The summed E-state index contributed by atoms with van der Waals surface area (Å²) in [6.45, 7) is 7.38. The maximum absolute atomic E-state index is 9.97. The van der Waals surface area contributed by atoms with Gasteiger partial charge in [0.1, 0.15) is 5.82 Å². The Balaban J connectivity index is 2.13. The highest BCUT2D eigenvalue weighted by molar-refractivity contribution is 5.54. The van der Waals surface area contributed by atoms with Crippen LogP contribution in [0.15, 0.2) is 12.1 Å². The summed E-state index contributed by atoms with van der Waals surface area (Å²) < 4.78 is 5.61. The van der Waals surface area contributed by atoms with Gasteiger partial charge in [-0.2, -0.15) is 4.98 Å². The maximum Gasteiger partial charge on any atom is 0.239 e. The van der Waals surface area contributed by atoms with Gasteiger partial charge in [0.05, 0.1) is 17.4 Å². The predicted molar refractivity (Wildman–Crippen MR) is 76.5 cm³/mol. The molecule has 1 aromatic rings. The van der Waals surface area contributed by atoms with Gasteiger partial charge >= 0.3 is 0 Å². The van der Waals surface area contributed by atoms with Crippen LogP contribution >= 0.6 is 0 Å². The van der Waals surface area contributed by atoms with Crippen molar-refractivity contribution in [3.8, 4) is 5.88 Å². The summed E-state index contributed by atoms with van der Waals surface area (Å²) in [5.41, 5.74) is 5.87. The number of hydrogen-bond acceptors (Lipinski definition) is 5. The SMILES string of the molecule is CC(C)Oc1nc(N2CCC(C)(O)CC2)ccc1N. The molecular weight excluding hydrogens is 242 g/mol. The molecule has 106 valence electrons. The number of nitrogen functional groups attached to an aromatic ring is 1. The molecule has 2 rings (SSSR count). The van der Waals surface area contributed by atoms with Gasteiger partial charge in [0.2, 0.25) is 5.88 Å². The fourth-order valence-electron chi connectivity index (χ4n) is 2.15. The summed E-state index contributed by atoms with van der Waals surface area (Å²) >= 11 is 0. The second-order valence-electron chi connectivity index (χ2n) is 5.71. The second-order valence-corrected chi connectivity index (χ2v) is 5.71. The van der Waals surface area contributed by atoms with Crippen molar-refractivity contribution in [1.82, 2.24) is 4.98 Å². The van der Waals surface area contributed by atoms with Gasteiger partial charge in [0.25, 0.3) is 0 Å². The summed E-state index contributed by atoms with van der Waals surface area (Å²) in [5, 5.41) is 9.97. The Labute approximate surface area is 114 Å². The number of hydrogen-bond donors (Lipinski definition) is 2. The van der Waals surface area contributed by atoms with Crippen molar-refractivity contribution in [2.75, 3.05) is 23.7 Å². The molecule has 1 fully saturated rings. The lowest BCUT2D eigenvalue weighted by Crippen LogP contribution is -2.42. The van der Waals surface area contributed by atoms with Gasteiger partial charge in [0.15, 0.2) is 0 Å². The van der Waals surface area contributed by atoms with Gasteiger partial charge in [-0.1, -0.05) is 0 Å². The van der Waals surface area contributed by atoms with E-state index in [2.05, 4.69) is 9.88 Å². The molecule has 0 unspecified atom stereocenters. The molecule has 1 aromatic heterocycles. The zero-order valence-corrected chi connectivity index (χ0v) is 11.9. The van der Waals surface area contributed by atoms with E-state index in [-0.39, 0.29) is 6.10 Å². The van der Waals surface area contributed by atoms with Crippen molar-refractivity contribution in [2.24, 2.45) is 0 Å². The number of aromatic nitrogens is 1. The van der Waals surface area contributed by atoms with E-state index in [9.17, 15) is 5.11 Å². The minimum absolute atomic E-state index is 0.0483. The Morgan fingerprint density at radius 3 is 2.58 bits per heavy atom. The highest BCUT2D eigenvalue weighted by Gasteiger charge is 2.28. The molecule has 0 aliphatic carbocycles. The summed E-state index contributed by atoms with van der Waals surface area (Å²) in [5.74, 6) is 1.35. The van der Waals surface area contributed by atoms with Crippen molar-refractivity contribution in [1.29, 1.82) is 0 Å². The van der Waals surface area contributed by atoms with E-state index in [0.717, 1.165) is 31.7 Å². The Bertz CT molecular complexity index is 436. The van der Waals surface area contributed by atoms with Crippen LogP contribution in [0.1, 0.15) is 33.6 Å². The van der Waals surface area contributed by atoms with Crippen LogP contribution in [0.25, 0.3) is 0 Å². The average molecular weight is 265 g/mol. The van der Waals surface area contributed by atoms with E-state index in [1.165, 1.54) is 0 Å². The third-order valence-corrected chi connectivity index (χ3v) is 3.39. The van der Waals surface area contributed by atoms with Crippen LogP contribution in [0.5, 0.6) is 5.88 Å². The average Bonchev–Trinajstić information content (AvgIpc) is 2.32. The number of anilines is 2. The van der Waals surface area contributed by atoms with Crippen LogP contribution in [0.2, 0.25) is 0 Å². The van der Waals surface area contributed by atoms with Crippen molar-refractivity contribution in [2.45, 2.75) is 45.3 Å². The first-order valence-corrected chi connectivity index (χ1v) is 6.78. The van der Waals surface area contributed by atoms with Gasteiger partial charge < -0.3 is 20.5 Å². The monoisotopic (exact) mass is 265 g/mol. The number of piperidine rings is 1. The van der Waals surface area contributed by atoms with E-state index >= 15 is 0 Å². The van der Waals surface area contributed by atoms with Gasteiger partial charge in [-0.25, -0.2) is 0 Å². The zero-order chi connectivity index (χ0) is 14.0. The smallest absolute Gasteiger partial charge is 0.239 e. The Hall–Kier alpha value is -1.49. The zero-order valence-electron chi connectivity index (χ0n) is 11.9. The highest BCUT2D eigenvalue weighted by Crippen LogP contribution is 2.28. The van der Waals surface area contributed by atoms with Crippen molar-refractivity contribution in [3.63, 3.8) is 0 Å². The molecule has 1 aliphatic heterocycles. The Morgan fingerprint density at radius 2 is 2.00 bits per heavy atom. The summed E-state index contributed by atoms with van der Waals surface area (Å²) in [6.07, 6.45) is 1.55.